The first-order valence-corrected chi connectivity index (χ1v) is 11.0. The zero-order valence-corrected chi connectivity index (χ0v) is 18.1. The Morgan fingerprint density at radius 2 is 1.62 bits per heavy atom. The lowest BCUT2D eigenvalue weighted by atomic mass is 10.2. The van der Waals surface area contributed by atoms with Gasteiger partial charge in [-0.3, -0.25) is 9.59 Å². The van der Waals surface area contributed by atoms with Gasteiger partial charge in [0.25, 0.3) is 11.8 Å². The van der Waals surface area contributed by atoms with E-state index in [1.54, 1.807) is 6.07 Å². The molecule has 148 valence electrons. The number of thiophene rings is 1. The van der Waals surface area contributed by atoms with Crippen LogP contribution in [0.5, 0.6) is 0 Å². The van der Waals surface area contributed by atoms with Gasteiger partial charge in [0, 0.05) is 42.0 Å². The van der Waals surface area contributed by atoms with Crippen molar-refractivity contribution in [3.8, 4) is 0 Å². The maximum absolute atomic E-state index is 12.5. The molecule has 0 atom stereocenters. The molecular weight excluding hydrogens is 450 g/mol. The third kappa shape index (κ3) is 4.52. The summed E-state index contributed by atoms with van der Waals surface area (Å²) < 4.78 is 0.768. The molecule has 1 saturated heterocycles. The van der Waals surface area contributed by atoms with Crippen molar-refractivity contribution < 1.29 is 9.59 Å². The zero-order valence-electron chi connectivity index (χ0n) is 15.7. The van der Waals surface area contributed by atoms with Crippen LogP contribution in [0.25, 0.3) is 0 Å². The van der Waals surface area contributed by atoms with Crippen LogP contribution in [0.15, 0.2) is 70.5 Å². The smallest absolute Gasteiger partial charge is 0.264 e. The third-order valence-corrected chi connectivity index (χ3v) is 6.46. The Labute approximate surface area is 182 Å². The molecule has 0 bridgehead atoms. The largest absolute Gasteiger partial charge is 0.368 e. The number of piperazine rings is 1. The first kappa shape index (κ1) is 19.7. The minimum Gasteiger partial charge on any atom is -0.368 e. The lowest BCUT2D eigenvalue weighted by Crippen LogP contribution is -2.48. The van der Waals surface area contributed by atoms with Gasteiger partial charge in [-0.05, 0) is 63.8 Å². The third-order valence-electron chi connectivity index (χ3n) is 4.91. The van der Waals surface area contributed by atoms with E-state index in [-0.39, 0.29) is 11.8 Å². The molecule has 1 aliphatic rings. The number of rotatable bonds is 4. The van der Waals surface area contributed by atoms with Crippen molar-refractivity contribution in [1.82, 2.24) is 4.90 Å². The summed E-state index contributed by atoms with van der Waals surface area (Å²) >= 11 is 4.89. The fraction of sp³-hybridized carbons (Fsp3) is 0.182. The van der Waals surface area contributed by atoms with E-state index in [0.29, 0.717) is 18.7 Å². The lowest BCUT2D eigenvalue weighted by molar-refractivity contribution is 0.0751. The number of hydrogen-bond acceptors (Lipinski definition) is 4. The van der Waals surface area contributed by atoms with Gasteiger partial charge in [-0.15, -0.1) is 11.3 Å². The van der Waals surface area contributed by atoms with Crippen LogP contribution >= 0.6 is 27.3 Å². The molecule has 5 nitrogen and oxygen atoms in total. The predicted octanol–water partition coefficient (Wildman–Crippen LogP) is 4.73. The number of carbonyl (C=O) groups excluding carboxylic acids is 2. The van der Waals surface area contributed by atoms with Crippen molar-refractivity contribution in [3.63, 3.8) is 0 Å². The van der Waals surface area contributed by atoms with Crippen molar-refractivity contribution in [2.45, 2.75) is 0 Å². The number of hydrogen-bond donors (Lipinski definition) is 1. The van der Waals surface area contributed by atoms with Crippen LogP contribution in [0.1, 0.15) is 20.0 Å². The van der Waals surface area contributed by atoms with Crippen molar-refractivity contribution in [1.29, 1.82) is 0 Å². The second-order valence-electron chi connectivity index (χ2n) is 6.74. The molecule has 3 aromatic rings. The average Bonchev–Trinajstić information content (AvgIpc) is 3.29. The van der Waals surface area contributed by atoms with Crippen molar-refractivity contribution in [2.24, 2.45) is 0 Å². The maximum Gasteiger partial charge on any atom is 0.264 e. The van der Waals surface area contributed by atoms with Gasteiger partial charge >= 0.3 is 0 Å². The summed E-state index contributed by atoms with van der Waals surface area (Å²) in [6.07, 6.45) is 0. The highest BCUT2D eigenvalue weighted by Gasteiger charge is 2.22. The van der Waals surface area contributed by atoms with Crippen LogP contribution in [0.2, 0.25) is 0 Å². The summed E-state index contributed by atoms with van der Waals surface area (Å²) in [6, 6.07) is 19.0. The Kier molecular flexibility index (Phi) is 5.97. The maximum atomic E-state index is 12.5. The predicted molar refractivity (Wildman–Crippen MR) is 121 cm³/mol. The number of nitrogens with zero attached hydrogens (tertiary/aromatic N) is 2. The molecule has 0 aliphatic carbocycles. The van der Waals surface area contributed by atoms with Crippen LogP contribution < -0.4 is 10.2 Å². The molecule has 1 N–H and O–H groups in total. The minimum atomic E-state index is -0.147. The normalized spacial score (nSPS) is 14.0. The standard InChI is InChI=1S/C22H20BrN3O2S/c23-19-5-2-1-4-18(19)21(27)24-16-7-9-17(10-8-16)25-11-13-26(14-12-25)22(28)20-6-3-15-29-20/h1-10,15H,11-14H2,(H,24,27). The number of nitrogens with one attached hydrogen (secondary N) is 1. The second-order valence-corrected chi connectivity index (χ2v) is 8.54. The summed E-state index contributed by atoms with van der Waals surface area (Å²) in [7, 11) is 0. The zero-order chi connectivity index (χ0) is 20.2. The van der Waals surface area contributed by atoms with E-state index in [9.17, 15) is 9.59 Å². The first-order chi connectivity index (χ1) is 14.1. The quantitative estimate of drug-likeness (QED) is 0.600. The van der Waals surface area contributed by atoms with Crippen molar-refractivity contribution in [3.05, 3.63) is 81.0 Å². The molecule has 29 heavy (non-hydrogen) atoms. The topological polar surface area (TPSA) is 52.7 Å². The number of halogens is 1. The Bertz CT molecular complexity index is 997. The highest BCUT2D eigenvalue weighted by Crippen LogP contribution is 2.22. The monoisotopic (exact) mass is 469 g/mol. The van der Waals surface area contributed by atoms with Gasteiger partial charge in [0.2, 0.25) is 0 Å². The van der Waals surface area contributed by atoms with Gasteiger partial charge in [0.15, 0.2) is 0 Å². The molecule has 1 aliphatic heterocycles. The second kappa shape index (κ2) is 8.80. The molecule has 0 spiro atoms. The summed E-state index contributed by atoms with van der Waals surface area (Å²) in [5.41, 5.74) is 2.44. The SMILES string of the molecule is O=C(Nc1ccc(N2CCN(C(=O)c3cccs3)CC2)cc1)c1ccccc1Br. The van der Waals surface area contributed by atoms with E-state index in [1.807, 2.05) is 64.9 Å². The van der Waals surface area contributed by atoms with Crippen LogP contribution in [-0.2, 0) is 0 Å². The fourth-order valence-corrected chi connectivity index (χ4v) is 4.48. The molecule has 1 fully saturated rings. The van der Waals surface area contributed by atoms with E-state index in [1.165, 1.54) is 11.3 Å². The minimum absolute atomic E-state index is 0.116. The van der Waals surface area contributed by atoms with Crippen LogP contribution in [0.4, 0.5) is 11.4 Å². The Balaban J connectivity index is 1.35. The van der Waals surface area contributed by atoms with Gasteiger partial charge in [-0.1, -0.05) is 18.2 Å². The summed E-state index contributed by atoms with van der Waals surface area (Å²) in [5, 5.41) is 4.86. The van der Waals surface area contributed by atoms with Crippen molar-refractivity contribution in [2.75, 3.05) is 36.4 Å². The van der Waals surface area contributed by atoms with Gasteiger partial charge in [-0.25, -0.2) is 0 Å². The molecule has 0 saturated carbocycles. The Hall–Kier alpha value is -2.64. The number of anilines is 2. The molecule has 2 amide bonds. The molecule has 1 aromatic heterocycles. The molecule has 2 heterocycles. The van der Waals surface area contributed by atoms with E-state index in [4.69, 9.17) is 0 Å². The van der Waals surface area contributed by atoms with Gasteiger partial charge in [0.1, 0.15) is 0 Å². The van der Waals surface area contributed by atoms with Gasteiger partial charge in [-0.2, -0.15) is 0 Å². The lowest BCUT2D eigenvalue weighted by Gasteiger charge is -2.36. The van der Waals surface area contributed by atoms with Gasteiger partial charge in [0.05, 0.1) is 10.4 Å². The number of benzene rings is 2. The Morgan fingerprint density at radius 3 is 2.28 bits per heavy atom. The molecule has 4 rings (SSSR count). The first-order valence-electron chi connectivity index (χ1n) is 9.35. The van der Waals surface area contributed by atoms with Crippen LogP contribution in [0, 0.1) is 0 Å². The molecular formula is C22H20BrN3O2S. The van der Waals surface area contributed by atoms with Gasteiger partial charge < -0.3 is 15.1 Å². The van der Waals surface area contributed by atoms with Crippen molar-refractivity contribution >= 4 is 50.5 Å². The van der Waals surface area contributed by atoms with E-state index in [2.05, 4.69) is 26.1 Å². The highest BCUT2D eigenvalue weighted by molar-refractivity contribution is 9.10. The number of carbonyl (C=O) groups is 2. The van der Waals surface area contributed by atoms with E-state index >= 15 is 0 Å². The summed E-state index contributed by atoms with van der Waals surface area (Å²) in [6.45, 7) is 2.99. The molecule has 7 heteroatoms. The summed E-state index contributed by atoms with van der Waals surface area (Å²) in [5.74, 6) is -0.0317. The molecule has 0 unspecified atom stereocenters. The molecule has 0 radical (unpaired) electrons. The van der Waals surface area contributed by atoms with Crippen LogP contribution in [-0.4, -0.2) is 42.9 Å². The average molecular weight is 470 g/mol. The highest BCUT2D eigenvalue weighted by atomic mass is 79.9. The van der Waals surface area contributed by atoms with Crippen LogP contribution in [0.3, 0.4) is 0 Å². The van der Waals surface area contributed by atoms with E-state index in [0.717, 1.165) is 33.8 Å². The Morgan fingerprint density at radius 1 is 0.897 bits per heavy atom. The molecule has 2 aromatic carbocycles. The fourth-order valence-electron chi connectivity index (χ4n) is 3.32. The summed E-state index contributed by atoms with van der Waals surface area (Å²) in [4.78, 5) is 29.9. The van der Waals surface area contributed by atoms with E-state index < -0.39 is 0 Å². The number of amides is 2.